The molecule has 0 aromatic carbocycles. The van der Waals surface area contributed by atoms with Crippen LogP contribution in [0.1, 0.15) is 33.6 Å². The molecule has 2 atom stereocenters. The third-order valence-corrected chi connectivity index (χ3v) is 1.59. The van der Waals surface area contributed by atoms with Crippen molar-refractivity contribution in [2.45, 2.75) is 57.8 Å². The molecule has 0 rings (SSSR count). The molecule has 0 fully saturated rings. The van der Waals surface area contributed by atoms with Crippen molar-refractivity contribution in [2.75, 3.05) is 0 Å². The van der Waals surface area contributed by atoms with Crippen LogP contribution in [0.2, 0.25) is 0 Å². The minimum absolute atomic E-state index is 0.566. The predicted octanol–water partition coefficient (Wildman–Crippen LogP) is 4.98. The lowest BCUT2D eigenvalue weighted by Crippen LogP contribution is -2.46. The molecule has 0 radical (unpaired) electrons. The largest absolute Gasteiger partial charge is 0.422 e. The molecular formula is C9H14F8. The van der Waals surface area contributed by atoms with Gasteiger partial charge in [-0.15, -0.1) is 0 Å². The minimum atomic E-state index is -5.73. The summed E-state index contributed by atoms with van der Waals surface area (Å²) in [5.74, 6) is 0. The molecule has 8 heteroatoms. The number of hydrogen-bond donors (Lipinski definition) is 0. The van der Waals surface area contributed by atoms with Crippen molar-refractivity contribution in [2.24, 2.45) is 0 Å². The van der Waals surface area contributed by atoms with Gasteiger partial charge >= 0.3 is 12.4 Å². The second-order valence-corrected chi connectivity index (χ2v) is 3.24. The van der Waals surface area contributed by atoms with E-state index in [4.69, 9.17) is 0 Å². The van der Waals surface area contributed by atoms with Crippen molar-refractivity contribution in [1.82, 2.24) is 0 Å². The Morgan fingerprint density at radius 1 is 0.882 bits per heavy atom. The summed E-state index contributed by atoms with van der Waals surface area (Å²) in [6, 6.07) is 0. The fraction of sp³-hybridized carbons (Fsp3) is 1.00. The lowest BCUT2D eigenvalue weighted by molar-refractivity contribution is -0.272. The molecule has 0 aromatic heterocycles. The molecule has 2 unspecified atom stereocenters. The molecule has 0 aliphatic rings. The van der Waals surface area contributed by atoms with Crippen LogP contribution in [0.5, 0.6) is 0 Å². The zero-order valence-corrected chi connectivity index (χ0v) is 9.52. The van der Waals surface area contributed by atoms with Gasteiger partial charge in [-0.1, -0.05) is 13.8 Å². The van der Waals surface area contributed by atoms with Crippen molar-refractivity contribution in [3.05, 3.63) is 0 Å². The summed E-state index contributed by atoms with van der Waals surface area (Å²) >= 11 is 0. The molecule has 106 valence electrons. The van der Waals surface area contributed by atoms with Crippen LogP contribution in [0, 0.1) is 0 Å². The maximum atomic E-state index is 13.0. The normalized spacial score (nSPS) is 17.8. The maximum absolute atomic E-state index is 13.0. The summed E-state index contributed by atoms with van der Waals surface area (Å²) < 4.78 is 96.0. The summed E-state index contributed by atoms with van der Waals surface area (Å²) in [6.45, 7) is 4.57. The molecular weight excluding hydrogens is 260 g/mol. The van der Waals surface area contributed by atoms with Gasteiger partial charge in [0.2, 0.25) is 5.67 Å². The first-order valence-electron chi connectivity index (χ1n) is 4.84. The second-order valence-electron chi connectivity index (χ2n) is 3.24. The average molecular weight is 274 g/mol. The SMILES string of the molecule is CC.CC(F)CC(F)(CC(F)(F)F)C(F)(F)F. The Kier molecular flexibility index (Phi) is 7.07. The van der Waals surface area contributed by atoms with Gasteiger partial charge in [-0.3, -0.25) is 0 Å². The van der Waals surface area contributed by atoms with Crippen molar-refractivity contribution in [3.8, 4) is 0 Å². The molecule has 0 aromatic rings. The highest BCUT2D eigenvalue weighted by Crippen LogP contribution is 2.45. The van der Waals surface area contributed by atoms with Gasteiger partial charge < -0.3 is 0 Å². The van der Waals surface area contributed by atoms with Crippen molar-refractivity contribution in [1.29, 1.82) is 0 Å². The fourth-order valence-corrected chi connectivity index (χ4v) is 1.05. The molecule has 17 heavy (non-hydrogen) atoms. The van der Waals surface area contributed by atoms with E-state index in [0.29, 0.717) is 6.92 Å². The summed E-state index contributed by atoms with van der Waals surface area (Å²) in [5.41, 5.74) is -4.56. The Hall–Kier alpha value is -0.560. The van der Waals surface area contributed by atoms with Crippen molar-refractivity contribution < 1.29 is 35.1 Å². The maximum Gasteiger partial charge on any atom is 0.422 e. The predicted molar refractivity (Wildman–Crippen MR) is 47.1 cm³/mol. The van der Waals surface area contributed by atoms with Gasteiger partial charge in [0, 0.05) is 6.42 Å². The van der Waals surface area contributed by atoms with Gasteiger partial charge in [0.15, 0.2) is 0 Å². The first kappa shape index (κ1) is 18.8. The molecule has 0 saturated carbocycles. The van der Waals surface area contributed by atoms with Gasteiger partial charge in [0.25, 0.3) is 0 Å². The molecule has 0 nitrogen and oxygen atoms in total. The number of halogens is 8. The van der Waals surface area contributed by atoms with Gasteiger partial charge in [0.1, 0.15) is 6.17 Å². The van der Waals surface area contributed by atoms with Crippen LogP contribution in [0.3, 0.4) is 0 Å². The third kappa shape index (κ3) is 7.38. The van der Waals surface area contributed by atoms with E-state index < -0.39 is 37.0 Å². The monoisotopic (exact) mass is 274 g/mol. The topological polar surface area (TPSA) is 0 Å². The summed E-state index contributed by atoms with van der Waals surface area (Å²) in [4.78, 5) is 0. The van der Waals surface area contributed by atoms with E-state index in [-0.39, 0.29) is 0 Å². The van der Waals surface area contributed by atoms with Crippen LogP contribution in [-0.4, -0.2) is 24.2 Å². The number of alkyl halides is 8. The lowest BCUT2D eigenvalue weighted by atomic mass is 9.94. The van der Waals surface area contributed by atoms with Crippen LogP contribution in [-0.2, 0) is 0 Å². The van der Waals surface area contributed by atoms with Gasteiger partial charge in [-0.25, -0.2) is 8.78 Å². The Labute approximate surface area is 94.0 Å². The van der Waals surface area contributed by atoms with Crippen LogP contribution in [0.4, 0.5) is 35.1 Å². The Bertz CT molecular complexity index is 204. The van der Waals surface area contributed by atoms with Crippen molar-refractivity contribution in [3.63, 3.8) is 0 Å². The van der Waals surface area contributed by atoms with E-state index >= 15 is 0 Å². The molecule has 0 heterocycles. The zero-order chi connectivity index (χ0) is 14.5. The first-order chi connectivity index (χ1) is 7.37. The summed E-state index contributed by atoms with van der Waals surface area (Å²) in [6.07, 6.45) is -17.9. The molecule has 0 bridgehead atoms. The van der Waals surface area contributed by atoms with E-state index in [1.54, 1.807) is 0 Å². The first-order valence-corrected chi connectivity index (χ1v) is 4.84. The van der Waals surface area contributed by atoms with Crippen LogP contribution in [0.15, 0.2) is 0 Å². The Balaban J connectivity index is 0. The second kappa shape index (κ2) is 6.39. The van der Waals surface area contributed by atoms with Gasteiger partial charge in [0.05, 0.1) is 6.42 Å². The van der Waals surface area contributed by atoms with E-state index in [1.807, 2.05) is 13.8 Å². The highest BCUT2D eigenvalue weighted by molar-refractivity contribution is 4.91. The molecule has 0 aliphatic heterocycles. The van der Waals surface area contributed by atoms with Gasteiger partial charge in [-0.05, 0) is 6.92 Å². The standard InChI is InChI=1S/C7H8F8.C2H6/c1-4(8)2-5(9,7(13,14)15)3-6(10,11)12;1-2/h4H,2-3H2,1H3;1-2H3. The van der Waals surface area contributed by atoms with E-state index in [0.717, 1.165) is 0 Å². The van der Waals surface area contributed by atoms with Crippen LogP contribution >= 0.6 is 0 Å². The van der Waals surface area contributed by atoms with E-state index in [1.165, 1.54) is 0 Å². The molecule has 0 amide bonds. The average Bonchev–Trinajstić information content (AvgIpc) is 2.00. The van der Waals surface area contributed by atoms with Gasteiger partial charge in [-0.2, -0.15) is 26.3 Å². The van der Waals surface area contributed by atoms with E-state index in [2.05, 4.69) is 0 Å². The Morgan fingerprint density at radius 2 is 1.24 bits per heavy atom. The van der Waals surface area contributed by atoms with Crippen LogP contribution < -0.4 is 0 Å². The minimum Gasteiger partial charge on any atom is -0.248 e. The number of rotatable bonds is 3. The Morgan fingerprint density at radius 3 is 1.41 bits per heavy atom. The highest BCUT2D eigenvalue weighted by Gasteiger charge is 2.61. The summed E-state index contributed by atoms with van der Waals surface area (Å²) in [5, 5.41) is 0. The highest BCUT2D eigenvalue weighted by atomic mass is 19.4. The number of hydrogen-bond acceptors (Lipinski definition) is 0. The lowest BCUT2D eigenvalue weighted by Gasteiger charge is -2.29. The fourth-order valence-electron chi connectivity index (χ4n) is 1.05. The van der Waals surface area contributed by atoms with E-state index in [9.17, 15) is 35.1 Å². The van der Waals surface area contributed by atoms with Crippen LogP contribution in [0.25, 0.3) is 0 Å². The smallest absolute Gasteiger partial charge is 0.248 e. The zero-order valence-electron chi connectivity index (χ0n) is 9.52. The quantitative estimate of drug-likeness (QED) is 0.636. The molecule has 0 saturated heterocycles. The molecule has 0 aliphatic carbocycles. The summed E-state index contributed by atoms with van der Waals surface area (Å²) in [7, 11) is 0. The third-order valence-electron chi connectivity index (χ3n) is 1.59. The molecule has 0 spiro atoms. The molecule has 0 N–H and O–H groups in total. The van der Waals surface area contributed by atoms with Crippen molar-refractivity contribution >= 4 is 0 Å².